The molecule has 3 heteroatoms. The van der Waals surface area contributed by atoms with Gasteiger partial charge in [-0.25, -0.2) is 0 Å². The summed E-state index contributed by atoms with van der Waals surface area (Å²) in [5.41, 5.74) is 6.57. The molecule has 1 heterocycles. The number of nitrogens with zero attached hydrogens (tertiary/aromatic N) is 1. The van der Waals surface area contributed by atoms with Gasteiger partial charge in [0, 0.05) is 11.1 Å². The molecule has 1 aromatic heterocycles. The molecule has 0 unspecified atom stereocenters. The van der Waals surface area contributed by atoms with Gasteiger partial charge in [0.25, 0.3) is 5.91 Å². The van der Waals surface area contributed by atoms with Gasteiger partial charge >= 0.3 is 0 Å². The summed E-state index contributed by atoms with van der Waals surface area (Å²) in [5.74, 6) is -0.104. The summed E-state index contributed by atoms with van der Waals surface area (Å²) in [6.07, 6.45) is 0.880. The molecule has 0 atom stereocenters. The van der Waals surface area contributed by atoms with Crippen molar-refractivity contribution < 1.29 is 4.79 Å². The molecule has 122 valence electrons. The predicted octanol–water partition coefficient (Wildman–Crippen LogP) is 4.97. The van der Waals surface area contributed by atoms with Crippen molar-refractivity contribution in [3.05, 3.63) is 70.4 Å². The first-order chi connectivity index (χ1) is 11.5. The smallest absolute Gasteiger partial charge is 0.257 e. The molecular formula is C21H22N2O. The third-order valence-electron chi connectivity index (χ3n) is 4.38. The van der Waals surface area contributed by atoms with Crippen LogP contribution in [0.25, 0.3) is 10.9 Å². The van der Waals surface area contributed by atoms with Crippen LogP contribution in [-0.2, 0) is 6.42 Å². The topological polar surface area (TPSA) is 42.0 Å². The van der Waals surface area contributed by atoms with E-state index in [1.165, 1.54) is 0 Å². The lowest BCUT2D eigenvalue weighted by atomic mass is 10.0. The number of hydrogen-bond acceptors (Lipinski definition) is 2. The molecule has 0 saturated carbocycles. The van der Waals surface area contributed by atoms with Crippen LogP contribution in [0.4, 0.5) is 5.69 Å². The summed E-state index contributed by atoms with van der Waals surface area (Å²) < 4.78 is 0. The van der Waals surface area contributed by atoms with Gasteiger partial charge < -0.3 is 5.32 Å². The fraction of sp³-hybridized carbons (Fsp3) is 0.238. The minimum absolute atomic E-state index is 0.104. The van der Waals surface area contributed by atoms with Crippen LogP contribution in [0.5, 0.6) is 0 Å². The highest BCUT2D eigenvalue weighted by Gasteiger charge is 2.14. The van der Waals surface area contributed by atoms with Crippen LogP contribution in [0.1, 0.15) is 39.7 Å². The predicted molar refractivity (Wildman–Crippen MR) is 99.7 cm³/mol. The minimum Gasteiger partial charge on any atom is -0.321 e. The largest absolute Gasteiger partial charge is 0.321 e. The first kappa shape index (κ1) is 16.2. The van der Waals surface area contributed by atoms with Crippen molar-refractivity contribution in [1.82, 2.24) is 4.98 Å². The molecule has 1 N–H and O–H groups in total. The van der Waals surface area contributed by atoms with Gasteiger partial charge in [-0.2, -0.15) is 0 Å². The molecule has 0 fully saturated rings. The Kier molecular flexibility index (Phi) is 4.34. The van der Waals surface area contributed by atoms with Crippen LogP contribution in [0.2, 0.25) is 0 Å². The van der Waals surface area contributed by atoms with Gasteiger partial charge in [-0.1, -0.05) is 36.8 Å². The van der Waals surface area contributed by atoms with E-state index in [1.807, 2.05) is 51.1 Å². The van der Waals surface area contributed by atoms with Crippen molar-refractivity contribution in [1.29, 1.82) is 0 Å². The number of pyridine rings is 1. The molecule has 0 saturated heterocycles. The normalized spacial score (nSPS) is 10.8. The number of nitrogens with one attached hydrogen (secondary N) is 1. The molecule has 1 amide bonds. The quantitative estimate of drug-likeness (QED) is 0.740. The number of fused-ring (bicyclic) bond motifs is 1. The van der Waals surface area contributed by atoms with Gasteiger partial charge in [-0.05, 0) is 56.5 Å². The van der Waals surface area contributed by atoms with E-state index < -0.39 is 0 Å². The van der Waals surface area contributed by atoms with Crippen LogP contribution in [-0.4, -0.2) is 10.9 Å². The number of carbonyl (C=O) groups excluding carboxylic acids is 1. The Morgan fingerprint density at radius 1 is 1.08 bits per heavy atom. The maximum Gasteiger partial charge on any atom is 0.257 e. The lowest BCUT2D eigenvalue weighted by Gasteiger charge is -2.14. The van der Waals surface area contributed by atoms with E-state index in [-0.39, 0.29) is 5.91 Å². The van der Waals surface area contributed by atoms with Crippen LogP contribution in [0.15, 0.2) is 42.5 Å². The molecule has 0 aliphatic heterocycles. The number of para-hydroxylation sites is 1. The standard InChI is InChI=1S/C21H22N2O/c1-5-16-8-6-7-14(3)20(16)23-21(24)18-12-17-11-13(2)9-10-19(17)22-15(18)4/h6-12H,5H2,1-4H3,(H,23,24). The summed E-state index contributed by atoms with van der Waals surface area (Å²) in [7, 11) is 0. The highest BCUT2D eigenvalue weighted by atomic mass is 16.1. The van der Waals surface area contributed by atoms with Crippen molar-refractivity contribution in [2.45, 2.75) is 34.1 Å². The van der Waals surface area contributed by atoms with Gasteiger partial charge in [-0.15, -0.1) is 0 Å². The van der Waals surface area contributed by atoms with Gasteiger partial charge in [0.15, 0.2) is 0 Å². The number of amides is 1. The summed E-state index contributed by atoms with van der Waals surface area (Å²) in [5, 5.41) is 4.08. The molecule has 0 aliphatic rings. The summed E-state index contributed by atoms with van der Waals surface area (Å²) in [6.45, 7) is 8.03. The van der Waals surface area contributed by atoms with E-state index >= 15 is 0 Å². The molecule has 3 rings (SSSR count). The number of anilines is 1. The van der Waals surface area contributed by atoms with E-state index in [1.54, 1.807) is 0 Å². The lowest BCUT2D eigenvalue weighted by molar-refractivity contribution is 0.102. The van der Waals surface area contributed by atoms with Crippen LogP contribution in [0.3, 0.4) is 0 Å². The molecule has 2 aromatic carbocycles. The van der Waals surface area contributed by atoms with Crippen molar-refractivity contribution >= 4 is 22.5 Å². The highest BCUT2D eigenvalue weighted by molar-refractivity contribution is 6.07. The van der Waals surface area contributed by atoms with E-state index in [0.29, 0.717) is 5.56 Å². The minimum atomic E-state index is -0.104. The number of benzene rings is 2. The molecule has 3 aromatic rings. The molecule has 0 radical (unpaired) electrons. The van der Waals surface area contributed by atoms with Gasteiger partial charge in [0.05, 0.1) is 16.8 Å². The maximum atomic E-state index is 12.8. The Bertz CT molecular complexity index is 929. The van der Waals surface area contributed by atoms with E-state index in [9.17, 15) is 4.79 Å². The summed E-state index contributed by atoms with van der Waals surface area (Å²) >= 11 is 0. The Labute approximate surface area is 142 Å². The molecule has 24 heavy (non-hydrogen) atoms. The third kappa shape index (κ3) is 3.02. The zero-order valence-corrected chi connectivity index (χ0v) is 14.6. The highest BCUT2D eigenvalue weighted by Crippen LogP contribution is 2.23. The van der Waals surface area contributed by atoms with Crippen molar-refractivity contribution in [2.24, 2.45) is 0 Å². The van der Waals surface area contributed by atoms with E-state index in [0.717, 1.165) is 45.4 Å². The van der Waals surface area contributed by atoms with Crippen LogP contribution in [0, 0.1) is 20.8 Å². The zero-order valence-electron chi connectivity index (χ0n) is 14.6. The number of aromatic nitrogens is 1. The Morgan fingerprint density at radius 2 is 1.88 bits per heavy atom. The second kappa shape index (κ2) is 6.44. The monoisotopic (exact) mass is 318 g/mol. The van der Waals surface area contributed by atoms with Crippen molar-refractivity contribution in [2.75, 3.05) is 5.32 Å². The second-order valence-corrected chi connectivity index (χ2v) is 6.23. The number of rotatable bonds is 3. The summed E-state index contributed by atoms with van der Waals surface area (Å²) in [6, 6.07) is 14.1. The molecular weight excluding hydrogens is 296 g/mol. The molecule has 0 spiro atoms. The number of hydrogen-bond donors (Lipinski definition) is 1. The molecule has 0 aliphatic carbocycles. The second-order valence-electron chi connectivity index (χ2n) is 6.23. The summed E-state index contributed by atoms with van der Waals surface area (Å²) in [4.78, 5) is 17.4. The number of aryl methyl sites for hydroxylation is 4. The Morgan fingerprint density at radius 3 is 2.62 bits per heavy atom. The zero-order chi connectivity index (χ0) is 17.3. The van der Waals surface area contributed by atoms with Crippen LogP contribution < -0.4 is 5.32 Å². The Balaban J connectivity index is 2.02. The van der Waals surface area contributed by atoms with E-state index in [4.69, 9.17) is 0 Å². The van der Waals surface area contributed by atoms with Crippen LogP contribution >= 0.6 is 0 Å². The van der Waals surface area contributed by atoms with Gasteiger partial charge in [-0.3, -0.25) is 9.78 Å². The van der Waals surface area contributed by atoms with Crippen molar-refractivity contribution in [3.63, 3.8) is 0 Å². The Hall–Kier alpha value is -2.68. The first-order valence-corrected chi connectivity index (χ1v) is 8.27. The fourth-order valence-electron chi connectivity index (χ4n) is 3.00. The number of carbonyl (C=O) groups is 1. The van der Waals surface area contributed by atoms with Gasteiger partial charge in [0.2, 0.25) is 0 Å². The molecule has 0 bridgehead atoms. The van der Waals surface area contributed by atoms with E-state index in [2.05, 4.69) is 29.4 Å². The SMILES string of the molecule is CCc1cccc(C)c1NC(=O)c1cc2cc(C)ccc2nc1C. The lowest BCUT2D eigenvalue weighted by Crippen LogP contribution is -2.16. The maximum absolute atomic E-state index is 12.8. The average Bonchev–Trinajstić information content (AvgIpc) is 2.56. The molecule has 3 nitrogen and oxygen atoms in total. The van der Waals surface area contributed by atoms with Crippen molar-refractivity contribution in [3.8, 4) is 0 Å². The first-order valence-electron chi connectivity index (χ1n) is 8.27. The fourth-order valence-corrected chi connectivity index (χ4v) is 3.00. The van der Waals surface area contributed by atoms with Gasteiger partial charge in [0.1, 0.15) is 0 Å². The third-order valence-corrected chi connectivity index (χ3v) is 4.38. The average molecular weight is 318 g/mol.